The second kappa shape index (κ2) is 10.7. The van der Waals surface area contributed by atoms with Crippen LogP contribution in [0.2, 0.25) is 0 Å². The van der Waals surface area contributed by atoms with Gasteiger partial charge in [0, 0.05) is 31.4 Å². The standard InChI is InChI=1S/C14H24N4O.HI/c1-5-11(3)18-14(15-4)17-10-12-8-7-9-16-13(12)19-6-2;/h7-9,11H,5-6,10H2,1-4H3,(H2,15,17,18);1H. The van der Waals surface area contributed by atoms with Crippen molar-refractivity contribution in [2.75, 3.05) is 13.7 Å². The molecule has 0 bridgehead atoms. The zero-order valence-electron chi connectivity index (χ0n) is 12.6. The smallest absolute Gasteiger partial charge is 0.218 e. The van der Waals surface area contributed by atoms with Crippen LogP contribution in [0.15, 0.2) is 23.3 Å². The highest BCUT2D eigenvalue weighted by Gasteiger charge is 2.06. The van der Waals surface area contributed by atoms with Crippen LogP contribution in [0, 0.1) is 0 Å². The Hall–Kier alpha value is -1.05. The molecule has 2 N–H and O–H groups in total. The van der Waals surface area contributed by atoms with Gasteiger partial charge in [0.05, 0.1) is 6.61 Å². The van der Waals surface area contributed by atoms with Crippen LogP contribution in [-0.4, -0.2) is 30.6 Å². The summed E-state index contributed by atoms with van der Waals surface area (Å²) in [5.74, 6) is 1.47. The Balaban J connectivity index is 0.00000361. The summed E-state index contributed by atoms with van der Waals surface area (Å²) < 4.78 is 5.49. The highest BCUT2D eigenvalue weighted by atomic mass is 127. The number of hydrogen-bond donors (Lipinski definition) is 2. The van der Waals surface area contributed by atoms with Gasteiger partial charge < -0.3 is 15.4 Å². The molecule has 1 atom stereocenters. The molecule has 0 fully saturated rings. The number of rotatable bonds is 6. The molecule has 0 amide bonds. The van der Waals surface area contributed by atoms with Gasteiger partial charge in [0.25, 0.3) is 0 Å². The van der Waals surface area contributed by atoms with Gasteiger partial charge in [-0.3, -0.25) is 4.99 Å². The molecule has 1 unspecified atom stereocenters. The van der Waals surface area contributed by atoms with E-state index in [0.29, 0.717) is 25.1 Å². The van der Waals surface area contributed by atoms with Crippen LogP contribution in [0.1, 0.15) is 32.8 Å². The topological polar surface area (TPSA) is 58.5 Å². The largest absolute Gasteiger partial charge is 0.478 e. The summed E-state index contributed by atoms with van der Waals surface area (Å²) in [6, 6.07) is 4.30. The average Bonchev–Trinajstić information content (AvgIpc) is 2.44. The van der Waals surface area contributed by atoms with Gasteiger partial charge in [-0.2, -0.15) is 0 Å². The Labute approximate surface area is 138 Å². The number of hydrogen-bond acceptors (Lipinski definition) is 3. The van der Waals surface area contributed by atoms with Crippen LogP contribution in [0.5, 0.6) is 5.88 Å². The Morgan fingerprint density at radius 2 is 2.20 bits per heavy atom. The minimum absolute atomic E-state index is 0. The van der Waals surface area contributed by atoms with Gasteiger partial charge in [-0.15, -0.1) is 24.0 Å². The van der Waals surface area contributed by atoms with Crippen LogP contribution < -0.4 is 15.4 Å². The van der Waals surface area contributed by atoms with Crippen LogP contribution in [0.4, 0.5) is 0 Å². The molecule has 5 nitrogen and oxygen atoms in total. The zero-order chi connectivity index (χ0) is 14.1. The molecule has 6 heteroatoms. The quantitative estimate of drug-likeness (QED) is 0.444. The number of aromatic nitrogens is 1. The lowest BCUT2D eigenvalue weighted by Crippen LogP contribution is -2.41. The second-order valence-electron chi connectivity index (χ2n) is 4.28. The van der Waals surface area contributed by atoms with Crippen molar-refractivity contribution in [3.8, 4) is 5.88 Å². The molecule has 20 heavy (non-hydrogen) atoms. The monoisotopic (exact) mass is 392 g/mol. The van der Waals surface area contributed by atoms with E-state index < -0.39 is 0 Å². The Morgan fingerprint density at radius 3 is 2.80 bits per heavy atom. The number of pyridine rings is 1. The van der Waals surface area contributed by atoms with Gasteiger partial charge in [0.15, 0.2) is 5.96 Å². The predicted molar refractivity (Wildman–Crippen MR) is 93.9 cm³/mol. The maximum atomic E-state index is 5.49. The second-order valence-corrected chi connectivity index (χ2v) is 4.28. The molecule has 0 aliphatic carbocycles. The number of ether oxygens (including phenoxy) is 1. The third-order valence-electron chi connectivity index (χ3n) is 2.80. The summed E-state index contributed by atoms with van der Waals surface area (Å²) in [4.78, 5) is 8.43. The zero-order valence-corrected chi connectivity index (χ0v) is 15.0. The summed E-state index contributed by atoms with van der Waals surface area (Å²) in [6.07, 6.45) is 2.79. The highest BCUT2D eigenvalue weighted by Crippen LogP contribution is 2.13. The van der Waals surface area contributed by atoms with Crippen molar-refractivity contribution >= 4 is 29.9 Å². The third kappa shape index (κ3) is 6.40. The average molecular weight is 392 g/mol. The normalized spacial score (nSPS) is 12.3. The first-order chi connectivity index (χ1) is 9.21. The molecule has 1 aromatic rings. The molecule has 0 radical (unpaired) electrons. The highest BCUT2D eigenvalue weighted by molar-refractivity contribution is 14.0. The van der Waals surface area contributed by atoms with Gasteiger partial charge in [0.1, 0.15) is 0 Å². The van der Waals surface area contributed by atoms with E-state index in [0.717, 1.165) is 17.9 Å². The first-order valence-electron chi connectivity index (χ1n) is 6.75. The first kappa shape index (κ1) is 18.9. The maximum Gasteiger partial charge on any atom is 0.218 e. The molecule has 0 saturated carbocycles. The molecule has 0 spiro atoms. The maximum absolute atomic E-state index is 5.49. The third-order valence-corrected chi connectivity index (χ3v) is 2.80. The molecule has 1 heterocycles. The molecular formula is C14H25IN4O. The van der Waals surface area contributed by atoms with Crippen molar-refractivity contribution in [2.45, 2.75) is 39.8 Å². The van der Waals surface area contributed by atoms with Gasteiger partial charge in [0.2, 0.25) is 5.88 Å². The SMILES string of the molecule is CCOc1ncccc1CNC(=NC)NC(C)CC.I. The van der Waals surface area contributed by atoms with Gasteiger partial charge in [-0.25, -0.2) is 4.98 Å². The van der Waals surface area contributed by atoms with E-state index in [9.17, 15) is 0 Å². The predicted octanol–water partition coefficient (Wildman–Crippen LogP) is 2.56. The summed E-state index contributed by atoms with van der Waals surface area (Å²) in [5, 5.41) is 6.58. The number of aliphatic imine (C=N–C) groups is 1. The minimum atomic E-state index is 0. The summed E-state index contributed by atoms with van der Waals surface area (Å²) in [5.41, 5.74) is 1.02. The van der Waals surface area contributed by atoms with Gasteiger partial charge in [-0.05, 0) is 26.3 Å². The van der Waals surface area contributed by atoms with Crippen LogP contribution in [0.3, 0.4) is 0 Å². The first-order valence-corrected chi connectivity index (χ1v) is 6.75. The van der Waals surface area contributed by atoms with Crippen molar-refractivity contribution in [3.05, 3.63) is 23.9 Å². The number of halogens is 1. The van der Waals surface area contributed by atoms with E-state index in [1.807, 2.05) is 19.1 Å². The Morgan fingerprint density at radius 1 is 1.45 bits per heavy atom. The molecule has 114 valence electrons. The lowest BCUT2D eigenvalue weighted by molar-refractivity contribution is 0.322. The van der Waals surface area contributed by atoms with Crippen molar-refractivity contribution in [1.29, 1.82) is 0 Å². The number of nitrogens with one attached hydrogen (secondary N) is 2. The van der Waals surface area contributed by atoms with E-state index in [1.54, 1.807) is 13.2 Å². The lowest BCUT2D eigenvalue weighted by atomic mass is 10.2. The molecule has 0 saturated heterocycles. The summed E-state index contributed by atoms with van der Waals surface area (Å²) in [6.45, 7) is 7.47. The fourth-order valence-corrected chi connectivity index (χ4v) is 1.53. The number of nitrogens with zero attached hydrogens (tertiary/aromatic N) is 2. The van der Waals surface area contributed by atoms with Gasteiger partial charge in [-0.1, -0.05) is 13.0 Å². The van der Waals surface area contributed by atoms with E-state index in [-0.39, 0.29) is 24.0 Å². The summed E-state index contributed by atoms with van der Waals surface area (Å²) >= 11 is 0. The van der Waals surface area contributed by atoms with E-state index >= 15 is 0 Å². The molecule has 1 rings (SSSR count). The molecular weight excluding hydrogens is 367 g/mol. The minimum Gasteiger partial charge on any atom is -0.478 e. The fourth-order valence-electron chi connectivity index (χ4n) is 1.53. The summed E-state index contributed by atoms with van der Waals surface area (Å²) in [7, 11) is 1.77. The Bertz CT molecular complexity index is 412. The van der Waals surface area contributed by atoms with Crippen molar-refractivity contribution in [1.82, 2.24) is 15.6 Å². The van der Waals surface area contributed by atoms with E-state index in [2.05, 4.69) is 34.5 Å². The molecule has 1 aromatic heterocycles. The van der Waals surface area contributed by atoms with Crippen molar-refractivity contribution < 1.29 is 4.74 Å². The fraction of sp³-hybridized carbons (Fsp3) is 0.571. The van der Waals surface area contributed by atoms with Crippen molar-refractivity contribution in [2.24, 2.45) is 4.99 Å². The van der Waals surface area contributed by atoms with Crippen molar-refractivity contribution in [3.63, 3.8) is 0 Å². The van der Waals surface area contributed by atoms with E-state index in [1.165, 1.54) is 0 Å². The van der Waals surface area contributed by atoms with Crippen LogP contribution >= 0.6 is 24.0 Å². The van der Waals surface area contributed by atoms with Crippen LogP contribution in [0.25, 0.3) is 0 Å². The lowest BCUT2D eigenvalue weighted by Gasteiger charge is -2.17. The molecule has 0 aromatic carbocycles. The van der Waals surface area contributed by atoms with E-state index in [4.69, 9.17) is 4.74 Å². The molecule has 0 aliphatic rings. The molecule has 0 aliphatic heterocycles. The van der Waals surface area contributed by atoms with Crippen LogP contribution in [-0.2, 0) is 6.54 Å². The number of guanidine groups is 1. The Kier molecular flexibility index (Phi) is 10.1. The van der Waals surface area contributed by atoms with Gasteiger partial charge >= 0.3 is 0 Å².